The van der Waals surface area contributed by atoms with Crippen LogP contribution in [0.2, 0.25) is 0 Å². The largest absolute Gasteiger partial charge is 0.400 e. The second-order valence-corrected chi connectivity index (χ2v) is 13.8. The summed E-state index contributed by atoms with van der Waals surface area (Å²) in [7, 11) is 3.03. The van der Waals surface area contributed by atoms with E-state index in [1.54, 1.807) is 0 Å². The van der Waals surface area contributed by atoms with Crippen LogP contribution >= 0.6 is 11.8 Å². The molecule has 5 nitrogen and oxygen atoms in total. The van der Waals surface area contributed by atoms with Crippen LogP contribution in [0.5, 0.6) is 0 Å². The van der Waals surface area contributed by atoms with Gasteiger partial charge in [0.15, 0.2) is 0 Å². The highest BCUT2D eigenvalue weighted by Gasteiger charge is 2.35. The summed E-state index contributed by atoms with van der Waals surface area (Å²) in [6.45, 7) is 25.2. The summed E-state index contributed by atoms with van der Waals surface area (Å²) in [6.07, 6.45) is 2.43. The molecule has 0 spiro atoms. The molecule has 1 saturated heterocycles. The number of aliphatic hydroxyl groups is 1. The Hall–Kier alpha value is -2.41. The Balaban J connectivity index is 0.00000152. The minimum absolute atomic E-state index is 0.195. The summed E-state index contributed by atoms with van der Waals surface area (Å²) >= 11 is 1.92. The number of aromatic nitrogens is 1. The topological polar surface area (TPSA) is 63.5 Å². The number of nitrogens with one attached hydrogen (secondary N) is 1. The second-order valence-electron chi connectivity index (χ2n) is 12.7. The van der Waals surface area contributed by atoms with E-state index in [1.807, 2.05) is 77.7 Å². The molecule has 0 amide bonds. The van der Waals surface area contributed by atoms with E-state index in [9.17, 15) is 0 Å². The summed E-state index contributed by atoms with van der Waals surface area (Å²) in [6, 6.07) is 19.6. The second kappa shape index (κ2) is 19.2. The van der Waals surface area contributed by atoms with Crippen molar-refractivity contribution < 1.29 is 5.11 Å². The summed E-state index contributed by atoms with van der Waals surface area (Å²) < 4.78 is 0. The lowest BCUT2D eigenvalue weighted by Gasteiger charge is -2.44. The van der Waals surface area contributed by atoms with Crippen molar-refractivity contribution in [2.24, 2.45) is 5.92 Å². The number of fused-ring (bicyclic) bond motifs is 1. The van der Waals surface area contributed by atoms with E-state index in [4.69, 9.17) is 10.5 Å². The smallest absolute Gasteiger partial charge is 0.129 e. The summed E-state index contributed by atoms with van der Waals surface area (Å²) in [5, 5.41) is 16.8. The van der Waals surface area contributed by atoms with E-state index in [1.165, 1.54) is 30.5 Å². The van der Waals surface area contributed by atoms with Crippen molar-refractivity contribution in [3.63, 3.8) is 0 Å². The molecule has 2 atom stereocenters. The lowest BCUT2D eigenvalue weighted by atomic mass is 9.72. The lowest BCUT2D eigenvalue weighted by molar-refractivity contribution is 0.116. The highest BCUT2D eigenvalue weighted by Crippen LogP contribution is 2.37. The van der Waals surface area contributed by atoms with Gasteiger partial charge in [-0.15, -0.1) is 11.8 Å². The van der Waals surface area contributed by atoms with E-state index < -0.39 is 0 Å². The molecule has 246 valence electrons. The van der Waals surface area contributed by atoms with Gasteiger partial charge in [0, 0.05) is 49.3 Å². The third-order valence-corrected chi connectivity index (χ3v) is 9.09. The number of aliphatic hydroxyl groups excluding tert-OH is 1. The highest BCUT2D eigenvalue weighted by molar-refractivity contribution is 7.99. The number of amidine groups is 1. The minimum atomic E-state index is 0.195. The van der Waals surface area contributed by atoms with E-state index in [0.29, 0.717) is 11.8 Å². The molecule has 2 heterocycles. The molecule has 2 aromatic carbocycles. The van der Waals surface area contributed by atoms with Crippen LogP contribution in [0.4, 0.5) is 0 Å². The molecule has 1 aromatic heterocycles. The minimum Gasteiger partial charge on any atom is -0.400 e. The van der Waals surface area contributed by atoms with Crippen LogP contribution in [0.15, 0.2) is 54.6 Å². The van der Waals surface area contributed by atoms with Crippen LogP contribution < -0.4 is 0 Å². The number of likely N-dealkylation sites (tertiary alicyclic amines) is 1. The number of pyridine rings is 1. The standard InChI is InChI=1S/C33H46N4S.2C2H6.CH4O/c1-24-20-33(6,27-15-13-26(14-16-27)32(3,4)5)22-37(21-24)18-9-19-38-23-36(7)31(34)29-10-8-11-30-28(29)17-12-25(2)35-30;3*1-2/h8,10-17,24,34H,9,18-23H2,1-7H3;2*1-2H3;2H,1H3/t24-,33-;;;/m1.../s1. The van der Waals surface area contributed by atoms with Crippen molar-refractivity contribution in [2.45, 2.75) is 92.9 Å². The van der Waals surface area contributed by atoms with Gasteiger partial charge in [0.25, 0.3) is 0 Å². The number of nitrogens with zero attached hydrogens (tertiary/aromatic N) is 3. The first-order valence-corrected chi connectivity index (χ1v) is 17.6. The van der Waals surface area contributed by atoms with E-state index in [2.05, 4.69) is 79.7 Å². The molecule has 6 heteroatoms. The molecular weight excluding hydrogens is 561 g/mol. The number of hydrogen-bond donors (Lipinski definition) is 2. The van der Waals surface area contributed by atoms with Crippen molar-refractivity contribution in [2.75, 3.05) is 45.4 Å². The molecule has 1 aliphatic rings. The molecule has 4 rings (SSSR count). The maximum Gasteiger partial charge on any atom is 0.129 e. The van der Waals surface area contributed by atoms with Crippen LogP contribution in [-0.4, -0.2) is 71.1 Å². The van der Waals surface area contributed by atoms with Gasteiger partial charge in [-0.2, -0.15) is 0 Å². The average Bonchev–Trinajstić information content (AvgIpc) is 3.02. The highest BCUT2D eigenvalue weighted by atomic mass is 32.2. The first-order valence-electron chi connectivity index (χ1n) is 16.5. The maximum absolute atomic E-state index is 8.78. The third kappa shape index (κ3) is 11.2. The Morgan fingerprint density at radius 1 is 1.05 bits per heavy atom. The van der Waals surface area contributed by atoms with Crippen LogP contribution in [0.25, 0.3) is 10.9 Å². The quantitative estimate of drug-likeness (QED) is 0.114. The van der Waals surface area contributed by atoms with Crippen molar-refractivity contribution >= 4 is 28.5 Å². The first kappa shape index (κ1) is 39.6. The van der Waals surface area contributed by atoms with Gasteiger partial charge in [0.2, 0.25) is 0 Å². The Kier molecular flexibility index (Phi) is 17.3. The van der Waals surface area contributed by atoms with Gasteiger partial charge in [0.1, 0.15) is 5.84 Å². The van der Waals surface area contributed by atoms with Gasteiger partial charge in [-0.25, -0.2) is 0 Å². The van der Waals surface area contributed by atoms with Gasteiger partial charge in [-0.05, 0) is 66.7 Å². The Morgan fingerprint density at radius 3 is 2.30 bits per heavy atom. The van der Waals surface area contributed by atoms with Crippen LogP contribution in [0, 0.1) is 18.3 Å². The molecule has 0 saturated carbocycles. The molecular formula is C38H62N4OS. The number of aryl methyl sites for hydroxylation is 1. The molecule has 1 aliphatic heterocycles. The number of rotatable bonds is 8. The predicted molar refractivity (Wildman–Crippen MR) is 197 cm³/mol. The fourth-order valence-corrected chi connectivity index (χ4v) is 6.84. The van der Waals surface area contributed by atoms with Crippen molar-refractivity contribution in [3.05, 3.63) is 77.0 Å². The third-order valence-electron chi connectivity index (χ3n) is 7.95. The van der Waals surface area contributed by atoms with E-state index >= 15 is 0 Å². The first-order chi connectivity index (χ1) is 21.0. The van der Waals surface area contributed by atoms with Crippen molar-refractivity contribution in [3.8, 4) is 0 Å². The number of hydrogen-bond acceptors (Lipinski definition) is 5. The molecule has 1 fully saturated rings. The predicted octanol–water partition coefficient (Wildman–Crippen LogP) is 9.14. The number of benzene rings is 2. The number of piperidine rings is 1. The molecule has 0 unspecified atom stereocenters. The summed E-state index contributed by atoms with van der Waals surface area (Å²) in [5.74, 6) is 3.19. The van der Waals surface area contributed by atoms with Gasteiger partial charge < -0.3 is 14.9 Å². The summed E-state index contributed by atoms with van der Waals surface area (Å²) in [4.78, 5) is 9.37. The molecule has 0 bridgehead atoms. The maximum atomic E-state index is 8.78. The Labute approximate surface area is 274 Å². The van der Waals surface area contributed by atoms with E-state index in [-0.39, 0.29) is 10.8 Å². The molecule has 0 aliphatic carbocycles. The molecule has 2 N–H and O–H groups in total. The SMILES string of the molecule is CC.CC.CO.Cc1ccc2c(C(=N)N(C)CSCCCN3C[C@H](C)C[C@@](C)(c4ccc(C(C)(C)C)cc4)C3)cccc2n1. The van der Waals surface area contributed by atoms with Crippen LogP contribution in [0.1, 0.15) is 97.5 Å². The number of thioether (sulfide) groups is 1. The fraction of sp³-hybridized carbons (Fsp3) is 0.579. The van der Waals surface area contributed by atoms with Gasteiger partial charge >= 0.3 is 0 Å². The Bertz CT molecular complexity index is 1250. The van der Waals surface area contributed by atoms with Gasteiger partial charge in [-0.3, -0.25) is 10.4 Å². The van der Waals surface area contributed by atoms with Gasteiger partial charge in [0.05, 0.1) is 11.4 Å². The van der Waals surface area contributed by atoms with Crippen molar-refractivity contribution in [1.82, 2.24) is 14.8 Å². The fourth-order valence-electron chi connectivity index (χ4n) is 5.97. The van der Waals surface area contributed by atoms with Crippen molar-refractivity contribution in [1.29, 1.82) is 5.41 Å². The van der Waals surface area contributed by atoms with Gasteiger partial charge in [-0.1, -0.05) is 105 Å². The zero-order chi connectivity index (χ0) is 33.5. The zero-order valence-corrected chi connectivity index (χ0v) is 30.7. The Morgan fingerprint density at radius 2 is 1.68 bits per heavy atom. The summed E-state index contributed by atoms with van der Waals surface area (Å²) in [5.41, 5.74) is 6.22. The lowest BCUT2D eigenvalue weighted by Crippen LogP contribution is -2.48. The normalized spacial score (nSPS) is 18.2. The molecule has 44 heavy (non-hydrogen) atoms. The van der Waals surface area contributed by atoms with E-state index in [0.717, 1.165) is 54.0 Å². The zero-order valence-electron chi connectivity index (χ0n) is 29.9. The molecule has 0 radical (unpaired) electrons. The van der Waals surface area contributed by atoms with Crippen LogP contribution in [-0.2, 0) is 10.8 Å². The monoisotopic (exact) mass is 622 g/mol. The van der Waals surface area contributed by atoms with Crippen LogP contribution in [0.3, 0.4) is 0 Å². The molecule has 3 aromatic rings. The average molecular weight is 623 g/mol.